The van der Waals surface area contributed by atoms with Crippen LogP contribution in [-0.2, 0) is 61.0 Å². The van der Waals surface area contributed by atoms with Crippen LogP contribution in [0.2, 0.25) is 38.3 Å². The van der Waals surface area contributed by atoms with Crippen molar-refractivity contribution in [3.63, 3.8) is 0 Å². The van der Waals surface area contributed by atoms with Crippen LogP contribution in [0.3, 0.4) is 0 Å². The van der Waals surface area contributed by atoms with E-state index in [1.165, 1.54) is 0 Å². The summed E-state index contributed by atoms with van der Waals surface area (Å²) in [5.41, 5.74) is 0. The van der Waals surface area contributed by atoms with Gasteiger partial charge in [0.05, 0.1) is 132 Å². The molecule has 0 amide bonds. The number of ether oxygens (including phenoxy) is 12. The minimum atomic E-state index is -1.74. The molecule has 0 aliphatic rings. The number of methoxy groups -OCH3 is 2. The Hall–Kier alpha value is 1.62. The van der Waals surface area contributed by atoms with E-state index in [9.17, 15) is 0 Å². The first-order valence-electron chi connectivity index (χ1n) is 17.3. The summed E-state index contributed by atoms with van der Waals surface area (Å²) in [4.78, 5) is 0. The molecule has 0 spiro atoms. The van der Waals surface area contributed by atoms with Crippen LogP contribution < -0.4 is 51.4 Å². The van der Waals surface area contributed by atoms with Gasteiger partial charge in [0.1, 0.15) is 0 Å². The van der Waals surface area contributed by atoms with Gasteiger partial charge in [0.25, 0.3) is 0 Å². The summed E-state index contributed by atoms with van der Waals surface area (Å²) in [6.45, 7) is 22.1. The number of rotatable bonds is 40. The smallest absolute Gasteiger partial charge is 0.455 e. The van der Waals surface area contributed by atoms with Gasteiger partial charge in [-0.15, -0.1) is 0 Å². The molecule has 0 aliphatic heterocycles. The average Bonchev–Trinajstić information content (AvgIpc) is 3.03. The molecule has 0 aromatic rings. The molecule has 0 radical (unpaired) electrons. The van der Waals surface area contributed by atoms with Gasteiger partial charge in [0, 0.05) is 27.4 Å². The van der Waals surface area contributed by atoms with Crippen molar-refractivity contribution in [2.45, 2.75) is 51.1 Å². The standard InChI is InChI=1S/C32H70O13Si2.BH4.K/c1-33-11-13-37-19-21-41-27-29-43-25-23-39-17-15-35-9-7-31-46(3,4)45-47(5,6)32-8-10-36-16-18-40-24-26-44-30-28-42-22-20-38-14-12-34-2;;/h7-32H2,1-6H3;1H4;/q;-1;+1. The molecule has 17 heteroatoms. The Morgan fingerprint density at radius 1 is 0.306 bits per heavy atom. The Balaban J connectivity index is -0.0000106. The zero-order valence-corrected chi connectivity index (χ0v) is 36.8. The predicted molar refractivity (Wildman–Crippen MR) is 198 cm³/mol. The van der Waals surface area contributed by atoms with E-state index in [2.05, 4.69) is 26.2 Å². The van der Waals surface area contributed by atoms with Crippen LogP contribution in [0.4, 0.5) is 0 Å². The zero-order valence-electron chi connectivity index (χ0n) is 31.7. The summed E-state index contributed by atoms with van der Waals surface area (Å²) in [6.07, 6.45) is 2.02. The molecule has 0 bridgehead atoms. The maximum atomic E-state index is 6.74. The Kier molecular flexibility index (Phi) is 47.5. The molecule has 0 rings (SSSR count). The fraction of sp³-hybridized carbons (Fsp3) is 1.00. The average molecular weight is 773 g/mol. The van der Waals surface area contributed by atoms with Crippen LogP contribution in [0, 0.1) is 0 Å². The molecule has 0 heterocycles. The second kappa shape index (κ2) is 42.4. The van der Waals surface area contributed by atoms with Crippen molar-refractivity contribution in [2.24, 2.45) is 0 Å². The third kappa shape index (κ3) is 45.7. The van der Waals surface area contributed by atoms with Crippen LogP contribution >= 0.6 is 0 Å². The molecule has 0 fully saturated rings. The maximum Gasteiger partial charge on any atom is 1.00 e. The summed E-state index contributed by atoms with van der Waals surface area (Å²) in [5.74, 6) is 0. The fourth-order valence-corrected chi connectivity index (χ4v) is 13.1. The molecule has 0 aromatic heterocycles. The van der Waals surface area contributed by atoms with Crippen LogP contribution in [-0.4, -0.2) is 185 Å². The molecule has 0 N–H and O–H groups in total. The van der Waals surface area contributed by atoms with Gasteiger partial charge in [-0.2, -0.15) is 0 Å². The Bertz CT molecular complexity index is 586. The first kappa shape index (κ1) is 55.0. The number of hydrogen-bond acceptors (Lipinski definition) is 13. The van der Waals surface area contributed by atoms with E-state index in [0.29, 0.717) is 132 Å². The van der Waals surface area contributed by atoms with E-state index in [1.807, 2.05) is 0 Å². The molecule has 292 valence electrons. The minimum Gasteiger partial charge on any atom is -0.455 e. The van der Waals surface area contributed by atoms with Crippen LogP contribution in [0.5, 0.6) is 0 Å². The molecular formula is C32H74BKO13Si2. The van der Waals surface area contributed by atoms with Crippen molar-refractivity contribution < 1.29 is 112 Å². The molecule has 0 saturated carbocycles. The SMILES string of the molecule is COCCOCCOCCOCCOCCOCCC[Si](C)(C)O[Si](C)(C)CCCOCCOCCOCCOCCOCCOC.[BH4-].[K+]. The molecule has 13 nitrogen and oxygen atoms in total. The van der Waals surface area contributed by atoms with E-state index >= 15 is 0 Å². The second-order valence-corrected chi connectivity index (χ2v) is 20.8. The normalized spacial score (nSPS) is 11.9. The molecule has 0 aromatic carbocycles. The second-order valence-electron chi connectivity index (χ2n) is 11.9. The fourth-order valence-electron chi connectivity index (χ4n) is 4.30. The van der Waals surface area contributed by atoms with E-state index in [4.69, 9.17) is 61.0 Å². The monoisotopic (exact) mass is 772 g/mol. The third-order valence-electron chi connectivity index (χ3n) is 6.53. The van der Waals surface area contributed by atoms with E-state index in [1.54, 1.807) is 14.2 Å². The van der Waals surface area contributed by atoms with E-state index in [0.717, 1.165) is 38.1 Å². The number of hydrogen-bond donors (Lipinski definition) is 0. The first-order valence-corrected chi connectivity index (χ1v) is 23.5. The van der Waals surface area contributed by atoms with Gasteiger partial charge in [-0.05, 0) is 51.1 Å². The Labute approximate surface area is 345 Å². The topological polar surface area (TPSA) is 120 Å². The van der Waals surface area contributed by atoms with Gasteiger partial charge in [0.15, 0.2) is 16.6 Å². The first-order chi connectivity index (χ1) is 22.8. The van der Waals surface area contributed by atoms with Crippen molar-refractivity contribution in [1.29, 1.82) is 0 Å². The van der Waals surface area contributed by atoms with Gasteiger partial charge in [-0.3, -0.25) is 0 Å². The summed E-state index contributed by atoms with van der Waals surface area (Å²) in [5, 5.41) is 0. The van der Waals surface area contributed by atoms with Gasteiger partial charge < -0.3 is 61.0 Å². The summed E-state index contributed by atoms with van der Waals surface area (Å²) in [6, 6.07) is 2.18. The molecule has 49 heavy (non-hydrogen) atoms. The van der Waals surface area contributed by atoms with Crippen molar-refractivity contribution in [2.75, 3.05) is 160 Å². The van der Waals surface area contributed by atoms with Gasteiger partial charge in [-0.25, -0.2) is 0 Å². The van der Waals surface area contributed by atoms with Gasteiger partial charge in [0.2, 0.25) is 0 Å². The maximum absolute atomic E-state index is 6.74. The van der Waals surface area contributed by atoms with E-state index < -0.39 is 16.6 Å². The largest absolute Gasteiger partial charge is 1.00 e. The molecule has 0 atom stereocenters. The Morgan fingerprint density at radius 3 is 0.694 bits per heavy atom. The molecule has 0 saturated heterocycles. The van der Waals surface area contributed by atoms with Crippen molar-refractivity contribution in [1.82, 2.24) is 0 Å². The van der Waals surface area contributed by atoms with Gasteiger partial charge >= 0.3 is 51.4 Å². The predicted octanol–water partition coefficient (Wildman–Crippen LogP) is -0.795. The summed E-state index contributed by atoms with van der Waals surface area (Å²) >= 11 is 0. The van der Waals surface area contributed by atoms with Crippen LogP contribution in [0.25, 0.3) is 0 Å². The summed E-state index contributed by atoms with van der Waals surface area (Å²) < 4.78 is 71.8. The molecule has 0 unspecified atom stereocenters. The van der Waals surface area contributed by atoms with Crippen LogP contribution in [0.1, 0.15) is 12.8 Å². The van der Waals surface area contributed by atoms with Crippen molar-refractivity contribution in [3.8, 4) is 0 Å². The van der Waals surface area contributed by atoms with Crippen LogP contribution in [0.15, 0.2) is 0 Å². The zero-order chi connectivity index (χ0) is 34.6. The summed E-state index contributed by atoms with van der Waals surface area (Å²) in [7, 11) is -0.174. The molecule has 0 aliphatic carbocycles. The quantitative estimate of drug-likeness (QED) is 0.0573. The van der Waals surface area contributed by atoms with Crippen molar-refractivity contribution >= 4 is 25.0 Å². The third-order valence-corrected chi connectivity index (χ3v) is 14.1. The van der Waals surface area contributed by atoms with E-state index in [-0.39, 0.29) is 59.8 Å². The van der Waals surface area contributed by atoms with Gasteiger partial charge in [-0.1, -0.05) is 8.41 Å². The van der Waals surface area contributed by atoms with Crippen molar-refractivity contribution in [3.05, 3.63) is 0 Å². The Morgan fingerprint density at radius 2 is 0.490 bits per heavy atom. The molecular weight excluding hydrogens is 698 g/mol. The minimum absolute atomic E-state index is 0.